The van der Waals surface area contributed by atoms with Crippen LogP contribution in [0.3, 0.4) is 0 Å². The van der Waals surface area contributed by atoms with Crippen LogP contribution in [0.4, 0.5) is 11.4 Å². The van der Waals surface area contributed by atoms with Gasteiger partial charge in [0.2, 0.25) is 0 Å². The molecular weight excluding hydrogens is 214 g/mol. The van der Waals surface area contributed by atoms with E-state index >= 15 is 0 Å². The molecule has 0 spiro atoms. The number of nitrogens with one attached hydrogen (secondary N) is 2. The number of amides is 1. The summed E-state index contributed by atoms with van der Waals surface area (Å²) in [5.74, 6) is -0.0920. The van der Waals surface area contributed by atoms with Crippen molar-refractivity contribution in [3.05, 3.63) is 23.8 Å². The molecule has 4 nitrogen and oxygen atoms in total. The number of carbonyl (C=O) groups excluding carboxylic acids is 1. The lowest BCUT2D eigenvalue weighted by Gasteiger charge is -2.16. The summed E-state index contributed by atoms with van der Waals surface area (Å²) in [5, 5.41) is 6.10. The van der Waals surface area contributed by atoms with Crippen molar-refractivity contribution < 1.29 is 4.79 Å². The first-order valence-corrected chi connectivity index (χ1v) is 6.02. The van der Waals surface area contributed by atoms with Crippen LogP contribution < -0.4 is 16.4 Å². The maximum Gasteiger partial charge on any atom is 0.253 e. The Morgan fingerprint density at radius 3 is 2.71 bits per heavy atom. The fourth-order valence-electron chi connectivity index (χ4n) is 1.50. The maximum atomic E-state index is 11.9. The molecule has 0 radical (unpaired) electrons. The van der Waals surface area contributed by atoms with Crippen LogP contribution in [-0.4, -0.2) is 18.5 Å². The predicted molar refractivity (Wildman–Crippen MR) is 72.2 cm³/mol. The summed E-state index contributed by atoms with van der Waals surface area (Å²) < 4.78 is 0. The third-order valence-electron chi connectivity index (χ3n) is 2.64. The van der Waals surface area contributed by atoms with Crippen molar-refractivity contribution in [1.29, 1.82) is 0 Å². The molecule has 0 bridgehead atoms. The van der Waals surface area contributed by atoms with Gasteiger partial charge in [0, 0.05) is 24.0 Å². The average Bonchev–Trinajstić information content (AvgIpc) is 2.31. The third kappa shape index (κ3) is 3.66. The minimum Gasteiger partial charge on any atom is -0.399 e. The van der Waals surface area contributed by atoms with E-state index in [0.29, 0.717) is 23.8 Å². The lowest BCUT2D eigenvalue weighted by Crippen LogP contribution is -2.25. The van der Waals surface area contributed by atoms with Gasteiger partial charge in [-0.3, -0.25) is 4.79 Å². The van der Waals surface area contributed by atoms with Gasteiger partial charge in [0.1, 0.15) is 0 Å². The number of nitrogens with two attached hydrogens (primary N) is 1. The lowest BCUT2D eigenvalue weighted by molar-refractivity contribution is 0.0956. The standard InChI is InChI=1S/C13H21N3O/c1-4-9(3)16-12-7-6-10(14)8-11(12)13(17)15-5-2/h6-9,16H,4-5,14H2,1-3H3,(H,15,17)/t9-/m0/s1. The zero-order valence-electron chi connectivity index (χ0n) is 10.7. The van der Waals surface area contributed by atoms with Gasteiger partial charge >= 0.3 is 0 Å². The highest BCUT2D eigenvalue weighted by molar-refractivity contribution is 6.00. The summed E-state index contributed by atoms with van der Waals surface area (Å²) in [7, 11) is 0. The molecule has 0 unspecified atom stereocenters. The Kier molecular flexibility index (Phi) is 4.82. The first-order chi connectivity index (χ1) is 8.08. The first kappa shape index (κ1) is 13.4. The molecule has 17 heavy (non-hydrogen) atoms. The molecule has 0 aliphatic carbocycles. The highest BCUT2D eigenvalue weighted by Crippen LogP contribution is 2.20. The van der Waals surface area contributed by atoms with Crippen LogP contribution in [0.2, 0.25) is 0 Å². The SMILES string of the molecule is CCNC(=O)c1cc(N)ccc1N[C@@H](C)CC. The van der Waals surface area contributed by atoms with E-state index in [-0.39, 0.29) is 5.91 Å². The number of nitrogen functional groups attached to an aromatic ring is 1. The van der Waals surface area contributed by atoms with Crippen LogP contribution in [0, 0.1) is 0 Å². The van der Waals surface area contributed by atoms with E-state index in [1.54, 1.807) is 12.1 Å². The van der Waals surface area contributed by atoms with Crippen molar-refractivity contribution in [2.24, 2.45) is 0 Å². The van der Waals surface area contributed by atoms with Crippen LogP contribution in [0.1, 0.15) is 37.6 Å². The molecule has 94 valence electrons. The summed E-state index contributed by atoms with van der Waals surface area (Å²) in [5.41, 5.74) is 7.75. The Hall–Kier alpha value is -1.71. The third-order valence-corrected chi connectivity index (χ3v) is 2.64. The number of benzene rings is 1. The van der Waals surface area contributed by atoms with Crippen LogP contribution in [0.15, 0.2) is 18.2 Å². The number of hydrogen-bond donors (Lipinski definition) is 3. The topological polar surface area (TPSA) is 67.2 Å². The Balaban J connectivity index is 2.99. The van der Waals surface area contributed by atoms with Crippen molar-refractivity contribution >= 4 is 17.3 Å². The van der Waals surface area contributed by atoms with E-state index in [2.05, 4.69) is 24.5 Å². The molecule has 4 heteroatoms. The largest absolute Gasteiger partial charge is 0.399 e. The summed E-state index contributed by atoms with van der Waals surface area (Å²) in [6.07, 6.45) is 0.999. The normalized spacial score (nSPS) is 11.9. The highest BCUT2D eigenvalue weighted by Gasteiger charge is 2.12. The summed E-state index contributed by atoms with van der Waals surface area (Å²) in [4.78, 5) is 11.9. The molecule has 1 atom stereocenters. The number of hydrogen-bond acceptors (Lipinski definition) is 3. The highest BCUT2D eigenvalue weighted by atomic mass is 16.1. The summed E-state index contributed by atoms with van der Waals surface area (Å²) in [6.45, 7) is 6.68. The molecule has 1 aromatic carbocycles. The van der Waals surface area contributed by atoms with Crippen LogP contribution in [-0.2, 0) is 0 Å². The minimum absolute atomic E-state index is 0.0920. The lowest BCUT2D eigenvalue weighted by atomic mass is 10.1. The van der Waals surface area contributed by atoms with Gasteiger partial charge in [-0.1, -0.05) is 6.92 Å². The van der Waals surface area contributed by atoms with E-state index in [1.165, 1.54) is 0 Å². The van der Waals surface area contributed by atoms with E-state index in [4.69, 9.17) is 5.73 Å². The molecule has 1 rings (SSSR count). The predicted octanol–water partition coefficient (Wildman–Crippen LogP) is 2.23. The van der Waals surface area contributed by atoms with E-state index in [9.17, 15) is 4.79 Å². The van der Waals surface area contributed by atoms with Gasteiger partial charge < -0.3 is 16.4 Å². The molecule has 1 amide bonds. The Morgan fingerprint density at radius 1 is 1.41 bits per heavy atom. The van der Waals surface area contributed by atoms with Crippen LogP contribution in [0.5, 0.6) is 0 Å². The van der Waals surface area contributed by atoms with Gasteiger partial charge in [-0.05, 0) is 38.5 Å². The first-order valence-electron chi connectivity index (χ1n) is 6.02. The average molecular weight is 235 g/mol. The van der Waals surface area contributed by atoms with Gasteiger partial charge in [-0.15, -0.1) is 0 Å². The number of anilines is 2. The molecule has 0 aromatic heterocycles. The van der Waals surface area contributed by atoms with E-state index < -0.39 is 0 Å². The molecule has 0 aliphatic heterocycles. The monoisotopic (exact) mass is 235 g/mol. The zero-order chi connectivity index (χ0) is 12.8. The Morgan fingerprint density at radius 2 is 2.12 bits per heavy atom. The smallest absolute Gasteiger partial charge is 0.253 e. The maximum absolute atomic E-state index is 11.9. The molecule has 0 heterocycles. The second-order valence-corrected chi connectivity index (χ2v) is 4.12. The van der Waals surface area contributed by atoms with Gasteiger partial charge in [-0.2, -0.15) is 0 Å². The van der Waals surface area contributed by atoms with Crippen molar-refractivity contribution in [1.82, 2.24) is 5.32 Å². The molecule has 1 aromatic rings. The Bertz CT molecular complexity index is 390. The summed E-state index contributed by atoms with van der Waals surface area (Å²) >= 11 is 0. The quantitative estimate of drug-likeness (QED) is 0.686. The second-order valence-electron chi connectivity index (χ2n) is 4.12. The fourth-order valence-corrected chi connectivity index (χ4v) is 1.50. The van der Waals surface area contributed by atoms with Crippen molar-refractivity contribution in [3.63, 3.8) is 0 Å². The van der Waals surface area contributed by atoms with E-state index in [0.717, 1.165) is 12.1 Å². The fraction of sp³-hybridized carbons (Fsp3) is 0.462. The van der Waals surface area contributed by atoms with Gasteiger partial charge in [-0.25, -0.2) is 0 Å². The molecule has 0 aliphatic rings. The van der Waals surface area contributed by atoms with Crippen LogP contribution in [0.25, 0.3) is 0 Å². The van der Waals surface area contributed by atoms with Crippen LogP contribution >= 0.6 is 0 Å². The second kappa shape index (κ2) is 6.13. The minimum atomic E-state index is -0.0920. The van der Waals surface area contributed by atoms with Crippen molar-refractivity contribution in [3.8, 4) is 0 Å². The molecule has 4 N–H and O–H groups in total. The molecule has 0 saturated heterocycles. The number of rotatable bonds is 5. The molecule has 0 saturated carbocycles. The van der Waals surface area contributed by atoms with Crippen molar-refractivity contribution in [2.75, 3.05) is 17.6 Å². The zero-order valence-corrected chi connectivity index (χ0v) is 10.7. The van der Waals surface area contributed by atoms with Gasteiger partial charge in [0.25, 0.3) is 5.91 Å². The summed E-state index contributed by atoms with van der Waals surface area (Å²) in [6, 6.07) is 5.68. The molecular formula is C13H21N3O. The van der Waals surface area contributed by atoms with E-state index in [1.807, 2.05) is 13.0 Å². The number of carbonyl (C=O) groups is 1. The van der Waals surface area contributed by atoms with Crippen molar-refractivity contribution in [2.45, 2.75) is 33.2 Å². The van der Waals surface area contributed by atoms with Gasteiger partial charge in [0.05, 0.1) is 5.56 Å². The molecule has 0 fully saturated rings. The Labute approximate surface area is 103 Å². The van der Waals surface area contributed by atoms with Gasteiger partial charge in [0.15, 0.2) is 0 Å².